The normalized spacial score (nSPS) is 18.7. The van der Waals surface area contributed by atoms with Gasteiger partial charge in [0.25, 0.3) is 0 Å². The van der Waals surface area contributed by atoms with Gasteiger partial charge in [0.1, 0.15) is 11.8 Å². The molecular formula is C22H24N2O4. The molecule has 1 aliphatic heterocycles. The first kappa shape index (κ1) is 18.5. The number of aromatic amines is 1. The molecule has 0 saturated carbocycles. The molecule has 0 bridgehead atoms. The molecule has 28 heavy (non-hydrogen) atoms. The van der Waals surface area contributed by atoms with E-state index in [9.17, 15) is 4.79 Å². The lowest BCUT2D eigenvalue weighted by molar-refractivity contribution is -0.143. The highest BCUT2D eigenvalue weighted by Gasteiger charge is 2.34. The molecule has 0 unspecified atom stereocenters. The van der Waals surface area contributed by atoms with Crippen molar-refractivity contribution >= 4 is 16.9 Å². The second kappa shape index (κ2) is 7.66. The zero-order valence-electron chi connectivity index (χ0n) is 16.2. The van der Waals surface area contributed by atoms with Gasteiger partial charge in [-0.1, -0.05) is 24.3 Å². The van der Waals surface area contributed by atoms with E-state index in [1.807, 2.05) is 24.3 Å². The van der Waals surface area contributed by atoms with E-state index < -0.39 is 6.04 Å². The van der Waals surface area contributed by atoms with Crippen molar-refractivity contribution in [2.24, 2.45) is 0 Å². The van der Waals surface area contributed by atoms with Crippen molar-refractivity contribution in [3.05, 3.63) is 64.8 Å². The van der Waals surface area contributed by atoms with Gasteiger partial charge in [0.05, 0.1) is 26.9 Å². The molecule has 2 heterocycles. The van der Waals surface area contributed by atoms with Crippen LogP contribution in [-0.4, -0.2) is 38.3 Å². The highest BCUT2D eigenvalue weighted by Crippen LogP contribution is 2.36. The Morgan fingerprint density at radius 2 is 1.96 bits per heavy atom. The Hall–Kier alpha value is -2.83. The number of carbonyl (C=O) groups is 1. The number of H-pyrrole nitrogens is 1. The Balaban J connectivity index is 1.84. The predicted molar refractivity (Wildman–Crippen MR) is 106 cm³/mol. The quantitative estimate of drug-likeness (QED) is 0.666. The molecule has 0 amide bonds. The molecule has 0 fully saturated rings. The first-order valence-electron chi connectivity index (χ1n) is 9.25. The fourth-order valence-electron chi connectivity index (χ4n) is 4.04. The number of fused-ring (bicyclic) bond motifs is 3. The van der Waals surface area contributed by atoms with Gasteiger partial charge in [0, 0.05) is 35.7 Å². The molecule has 3 aromatic rings. The zero-order chi connectivity index (χ0) is 19.7. The Labute approximate surface area is 163 Å². The zero-order valence-corrected chi connectivity index (χ0v) is 16.2. The maximum atomic E-state index is 12.3. The van der Waals surface area contributed by atoms with Crippen LogP contribution in [-0.2, 0) is 27.3 Å². The smallest absolute Gasteiger partial charge is 0.323 e. The van der Waals surface area contributed by atoms with Crippen LogP contribution < -0.4 is 10.1 Å². The summed E-state index contributed by atoms with van der Waals surface area (Å²) in [5.74, 6) is 0.523. The van der Waals surface area contributed by atoms with E-state index >= 15 is 0 Å². The summed E-state index contributed by atoms with van der Waals surface area (Å²) in [5, 5.41) is 4.60. The molecule has 0 saturated heterocycles. The molecule has 1 aliphatic rings. The lowest BCUT2D eigenvalue weighted by Gasteiger charge is -2.30. The minimum Gasteiger partial charge on any atom is -0.496 e. The number of hydrogen-bond acceptors (Lipinski definition) is 5. The number of methoxy groups -OCH3 is 3. The van der Waals surface area contributed by atoms with Gasteiger partial charge < -0.3 is 19.2 Å². The topological polar surface area (TPSA) is 72.6 Å². The van der Waals surface area contributed by atoms with Crippen molar-refractivity contribution in [3.8, 4) is 5.75 Å². The van der Waals surface area contributed by atoms with Gasteiger partial charge in [-0.05, 0) is 29.3 Å². The molecule has 0 radical (unpaired) electrons. The van der Waals surface area contributed by atoms with Crippen LogP contribution in [0.15, 0.2) is 42.5 Å². The van der Waals surface area contributed by atoms with Crippen molar-refractivity contribution in [1.82, 2.24) is 10.3 Å². The van der Waals surface area contributed by atoms with E-state index in [4.69, 9.17) is 14.2 Å². The molecule has 6 nitrogen and oxygen atoms in total. The van der Waals surface area contributed by atoms with Crippen LogP contribution >= 0.6 is 0 Å². The SMILES string of the molecule is COCc1cc([C@H]2N[C@H](C(=O)OC)Cc3c2[nH]c2ccccc32)ccc1OC. The van der Waals surface area contributed by atoms with Crippen LogP contribution in [0.5, 0.6) is 5.75 Å². The summed E-state index contributed by atoms with van der Waals surface area (Å²) in [4.78, 5) is 15.9. The lowest BCUT2D eigenvalue weighted by atomic mass is 9.89. The lowest BCUT2D eigenvalue weighted by Crippen LogP contribution is -2.45. The third-order valence-electron chi connectivity index (χ3n) is 5.33. The number of ether oxygens (including phenoxy) is 3. The van der Waals surface area contributed by atoms with Gasteiger partial charge in [-0.15, -0.1) is 0 Å². The van der Waals surface area contributed by atoms with Crippen LogP contribution in [0.25, 0.3) is 10.9 Å². The number of para-hydroxylation sites is 1. The number of aromatic nitrogens is 1. The Morgan fingerprint density at radius 3 is 2.71 bits per heavy atom. The largest absolute Gasteiger partial charge is 0.496 e. The van der Waals surface area contributed by atoms with Crippen LogP contribution in [0, 0.1) is 0 Å². The molecule has 0 aliphatic carbocycles. The number of rotatable bonds is 5. The minimum atomic E-state index is -0.408. The van der Waals surface area contributed by atoms with Crippen LogP contribution in [0.1, 0.15) is 28.4 Å². The minimum absolute atomic E-state index is 0.165. The molecule has 1 aromatic heterocycles. The third-order valence-corrected chi connectivity index (χ3v) is 5.33. The number of carbonyl (C=O) groups excluding carboxylic acids is 1. The van der Waals surface area contributed by atoms with Gasteiger partial charge in [-0.2, -0.15) is 0 Å². The summed E-state index contributed by atoms with van der Waals surface area (Å²) in [6, 6.07) is 13.6. The van der Waals surface area contributed by atoms with E-state index in [-0.39, 0.29) is 12.0 Å². The first-order chi connectivity index (χ1) is 13.7. The van der Waals surface area contributed by atoms with Crippen LogP contribution in [0.3, 0.4) is 0 Å². The number of nitrogens with one attached hydrogen (secondary N) is 2. The summed E-state index contributed by atoms with van der Waals surface area (Å²) in [7, 11) is 4.73. The van der Waals surface area contributed by atoms with Gasteiger partial charge in [0.2, 0.25) is 0 Å². The molecule has 4 rings (SSSR count). The van der Waals surface area contributed by atoms with Gasteiger partial charge >= 0.3 is 5.97 Å². The maximum Gasteiger partial charge on any atom is 0.323 e. The van der Waals surface area contributed by atoms with Gasteiger partial charge in [-0.3, -0.25) is 10.1 Å². The molecule has 2 aromatic carbocycles. The number of esters is 1. The van der Waals surface area contributed by atoms with Crippen molar-refractivity contribution < 1.29 is 19.0 Å². The summed E-state index contributed by atoms with van der Waals surface area (Å²) >= 11 is 0. The molecular weight excluding hydrogens is 356 g/mol. The van der Waals surface area contributed by atoms with Crippen molar-refractivity contribution in [3.63, 3.8) is 0 Å². The molecule has 2 atom stereocenters. The average Bonchev–Trinajstić information content (AvgIpc) is 3.11. The second-order valence-corrected chi connectivity index (χ2v) is 6.95. The van der Waals surface area contributed by atoms with E-state index in [0.29, 0.717) is 13.0 Å². The van der Waals surface area contributed by atoms with Crippen LogP contribution in [0.2, 0.25) is 0 Å². The fraction of sp³-hybridized carbons (Fsp3) is 0.318. The Bertz CT molecular complexity index is 1010. The summed E-state index contributed by atoms with van der Waals surface area (Å²) < 4.78 is 15.8. The summed E-state index contributed by atoms with van der Waals surface area (Å²) in [6.07, 6.45) is 0.587. The summed E-state index contributed by atoms with van der Waals surface area (Å²) in [5.41, 5.74) is 5.29. The molecule has 146 valence electrons. The Morgan fingerprint density at radius 1 is 1.14 bits per heavy atom. The van der Waals surface area contributed by atoms with E-state index in [1.54, 1.807) is 14.2 Å². The second-order valence-electron chi connectivity index (χ2n) is 6.95. The van der Waals surface area contributed by atoms with E-state index in [2.05, 4.69) is 28.5 Å². The standard InChI is InChI=1S/C22H24N2O4/c1-26-12-14-10-13(8-9-19(14)27-2)20-21-16(11-18(24-20)22(25)28-3)15-6-4-5-7-17(15)23-21/h4-10,18,20,23-24H,11-12H2,1-3H3/t18-,20+/m0/s1. The van der Waals surface area contributed by atoms with Crippen molar-refractivity contribution in [1.29, 1.82) is 0 Å². The van der Waals surface area contributed by atoms with Crippen molar-refractivity contribution in [2.45, 2.75) is 25.1 Å². The van der Waals surface area contributed by atoms with Crippen LogP contribution in [0.4, 0.5) is 0 Å². The number of benzene rings is 2. The monoisotopic (exact) mass is 380 g/mol. The fourth-order valence-corrected chi connectivity index (χ4v) is 4.04. The predicted octanol–water partition coefficient (Wildman–Crippen LogP) is 3.10. The highest BCUT2D eigenvalue weighted by atomic mass is 16.5. The average molecular weight is 380 g/mol. The van der Waals surface area contributed by atoms with E-state index in [0.717, 1.165) is 39.0 Å². The van der Waals surface area contributed by atoms with Gasteiger partial charge in [-0.25, -0.2) is 0 Å². The Kier molecular flexibility index (Phi) is 5.07. The summed E-state index contributed by atoms with van der Waals surface area (Å²) in [6.45, 7) is 0.448. The molecule has 6 heteroatoms. The van der Waals surface area contributed by atoms with Crippen molar-refractivity contribution in [2.75, 3.05) is 21.3 Å². The third kappa shape index (κ3) is 3.15. The van der Waals surface area contributed by atoms with E-state index in [1.165, 1.54) is 7.11 Å². The maximum absolute atomic E-state index is 12.3. The highest BCUT2D eigenvalue weighted by molar-refractivity contribution is 5.87. The molecule has 2 N–H and O–H groups in total. The number of hydrogen-bond donors (Lipinski definition) is 2. The molecule has 0 spiro atoms. The van der Waals surface area contributed by atoms with Gasteiger partial charge in [0.15, 0.2) is 0 Å². The first-order valence-corrected chi connectivity index (χ1v) is 9.25.